The summed E-state index contributed by atoms with van der Waals surface area (Å²) >= 11 is 6.15. The van der Waals surface area contributed by atoms with Gasteiger partial charge in [-0.05, 0) is 62.1 Å². The number of carbonyl (C=O) groups is 2. The third-order valence-corrected chi connectivity index (χ3v) is 8.48. The highest BCUT2D eigenvalue weighted by molar-refractivity contribution is 7.89. The van der Waals surface area contributed by atoms with Crippen LogP contribution in [0.15, 0.2) is 71.6 Å². The number of hydrogen-bond donors (Lipinski definition) is 1. The number of amides is 1. The van der Waals surface area contributed by atoms with E-state index in [9.17, 15) is 18.0 Å². The summed E-state index contributed by atoms with van der Waals surface area (Å²) in [5.41, 5.74) is 2.65. The van der Waals surface area contributed by atoms with E-state index < -0.39 is 15.9 Å². The molecule has 3 aromatic carbocycles. The van der Waals surface area contributed by atoms with Crippen molar-refractivity contribution in [3.8, 4) is 0 Å². The fourth-order valence-electron chi connectivity index (χ4n) is 4.29. The summed E-state index contributed by atoms with van der Waals surface area (Å²) in [7, 11) is -3.74. The number of benzene rings is 3. The van der Waals surface area contributed by atoms with Gasteiger partial charge in [-0.1, -0.05) is 54.1 Å². The van der Waals surface area contributed by atoms with Gasteiger partial charge < -0.3 is 5.32 Å². The van der Waals surface area contributed by atoms with Crippen molar-refractivity contribution in [2.75, 3.05) is 18.4 Å². The minimum atomic E-state index is -3.74. The molecule has 1 heterocycles. The second kappa shape index (κ2) is 10.3. The number of ketones is 1. The van der Waals surface area contributed by atoms with E-state index >= 15 is 0 Å². The zero-order chi connectivity index (χ0) is 25.2. The lowest BCUT2D eigenvalue weighted by Gasteiger charge is -2.31. The molecule has 6 nitrogen and oxygen atoms in total. The first-order valence-corrected chi connectivity index (χ1v) is 13.3. The van der Waals surface area contributed by atoms with E-state index in [4.69, 9.17) is 11.6 Å². The molecule has 1 amide bonds. The Kier molecular flexibility index (Phi) is 7.40. The van der Waals surface area contributed by atoms with Gasteiger partial charge in [-0.2, -0.15) is 4.31 Å². The highest BCUT2D eigenvalue weighted by Crippen LogP contribution is 2.29. The lowest BCUT2D eigenvalue weighted by atomic mass is 9.97. The van der Waals surface area contributed by atoms with Crippen LogP contribution in [0.1, 0.15) is 39.9 Å². The number of carbonyl (C=O) groups excluding carboxylic acids is 2. The summed E-state index contributed by atoms with van der Waals surface area (Å²) in [4.78, 5) is 26.6. The fourth-order valence-corrected chi connectivity index (χ4v) is 6.30. The molecule has 3 aromatic rings. The normalized spacial score (nSPS) is 16.6. The largest absolute Gasteiger partial charge is 0.325 e. The SMILES string of the molecule is Cc1ccc(C)c(S(=O)(=O)N2CCC[C@@H](C(=O)Nc3ccc(Cl)cc3C(=O)c3ccccc3)C2)c1. The van der Waals surface area contributed by atoms with Crippen molar-refractivity contribution in [2.24, 2.45) is 5.92 Å². The second-order valence-corrected chi connectivity index (χ2v) is 11.2. The minimum Gasteiger partial charge on any atom is -0.325 e. The Morgan fingerprint density at radius 3 is 2.49 bits per heavy atom. The molecule has 0 aromatic heterocycles. The van der Waals surface area contributed by atoms with Gasteiger partial charge in [-0.15, -0.1) is 0 Å². The Morgan fingerprint density at radius 2 is 1.74 bits per heavy atom. The Bertz CT molecular complexity index is 1370. The lowest BCUT2D eigenvalue weighted by Crippen LogP contribution is -2.44. The summed E-state index contributed by atoms with van der Waals surface area (Å²) in [6.45, 7) is 4.06. The predicted octanol–water partition coefficient (Wildman–Crippen LogP) is 5.23. The van der Waals surface area contributed by atoms with Crippen LogP contribution in [0.25, 0.3) is 0 Å². The molecule has 4 rings (SSSR count). The summed E-state index contributed by atoms with van der Waals surface area (Å²) < 4.78 is 28.1. The molecule has 1 aliphatic heterocycles. The average Bonchev–Trinajstić information content (AvgIpc) is 2.86. The molecule has 0 bridgehead atoms. The van der Waals surface area contributed by atoms with Crippen LogP contribution in [0.4, 0.5) is 5.69 Å². The van der Waals surface area contributed by atoms with Gasteiger partial charge in [0.1, 0.15) is 0 Å². The maximum absolute atomic E-state index is 13.4. The van der Waals surface area contributed by atoms with Crippen molar-refractivity contribution < 1.29 is 18.0 Å². The molecule has 0 unspecified atom stereocenters. The van der Waals surface area contributed by atoms with Crippen LogP contribution in [-0.4, -0.2) is 37.5 Å². The molecule has 1 N–H and O–H groups in total. The molecule has 182 valence electrons. The second-order valence-electron chi connectivity index (χ2n) is 8.85. The van der Waals surface area contributed by atoms with Gasteiger partial charge in [0.05, 0.1) is 16.5 Å². The van der Waals surface area contributed by atoms with Gasteiger partial charge in [0.2, 0.25) is 15.9 Å². The fraction of sp³-hybridized carbons (Fsp3) is 0.259. The van der Waals surface area contributed by atoms with Gasteiger partial charge in [0.15, 0.2) is 5.78 Å². The molecule has 1 fully saturated rings. The van der Waals surface area contributed by atoms with Crippen LogP contribution in [0, 0.1) is 19.8 Å². The number of aryl methyl sites for hydroxylation is 2. The topological polar surface area (TPSA) is 83.6 Å². The third-order valence-electron chi connectivity index (χ3n) is 6.24. The molecule has 1 atom stereocenters. The summed E-state index contributed by atoms with van der Waals surface area (Å²) in [5, 5.41) is 3.23. The van der Waals surface area contributed by atoms with Crippen molar-refractivity contribution >= 4 is 39.0 Å². The summed E-state index contributed by atoms with van der Waals surface area (Å²) in [5.74, 6) is -1.12. The minimum absolute atomic E-state index is 0.0805. The Hall–Kier alpha value is -3.00. The van der Waals surface area contributed by atoms with Crippen molar-refractivity contribution in [2.45, 2.75) is 31.6 Å². The van der Waals surface area contributed by atoms with E-state index in [0.29, 0.717) is 41.2 Å². The maximum atomic E-state index is 13.4. The smallest absolute Gasteiger partial charge is 0.243 e. The first-order chi connectivity index (χ1) is 16.7. The van der Waals surface area contributed by atoms with Crippen LogP contribution in [0.2, 0.25) is 5.02 Å². The Labute approximate surface area is 211 Å². The van der Waals surface area contributed by atoms with Gasteiger partial charge >= 0.3 is 0 Å². The molecular formula is C27H27ClN2O4S. The summed E-state index contributed by atoms with van der Waals surface area (Å²) in [6.07, 6.45) is 1.12. The standard InChI is InChI=1S/C27H27ClN2O4S/c1-18-10-11-19(2)25(15-18)35(33,34)30-14-6-9-21(17-30)27(32)29-24-13-12-22(28)16-23(24)26(31)20-7-4-3-5-8-20/h3-5,7-8,10-13,15-16,21H,6,9,14,17H2,1-2H3,(H,29,32)/t21-/m1/s1. The van der Waals surface area contributed by atoms with Crippen LogP contribution >= 0.6 is 11.6 Å². The number of nitrogens with zero attached hydrogens (tertiary/aromatic N) is 1. The number of rotatable bonds is 6. The average molecular weight is 511 g/mol. The molecule has 0 spiro atoms. The summed E-state index contributed by atoms with van der Waals surface area (Å²) in [6, 6.07) is 18.8. The van der Waals surface area contributed by atoms with Crippen molar-refractivity contribution in [3.63, 3.8) is 0 Å². The van der Waals surface area contributed by atoms with E-state index in [-0.39, 0.29) is 28.7 Å². The van der Waals surface area contributed by atoms with Gasteiger partial charge in [-0.3, -0.25) is 9.59 Å². The number of hydrogen-bond acceptors (Lipinski definition) is 4. The molecule has 0 saturated carbocycles. The molecule has 1 saturated heterocycles. The van der Waals surface area contributed by atoms with Crippen LogP contribution in [0.5, 0.6) is 0 Å². The molecule has 0 radical (unpaired) electrons. The Balaban J connectivity index is 1.55. The highest BCUT2D eigenvalue weighted by Gasteiger charge is 2.34. The van der Waals surface area contributed by atoms with Crippen molar-refractivity contribution in [1.29, 1.82) is 0 Å². The van der Waals surface area contributed by atoms with Crippen molar-refractivity contribution in [1.82, 2.24) is 4.31 Å². The first kappa shape index (κ1) is 25.1. The van der Waals surface area contributed by atoms with E-state index in [1.807, 2.05) is 19.1 Å². The number of nitrogens with one attached hydrogen (secondary N) is 1. The zero-order valence-electron chi connectivity index (χ0n) is 19.6. The van der Waals surface area contributed by atoms with Crippen LogP contribution < -0.4 is 5.32 Å². The molecule has 1 aliphatic rings. The number of sulfonamides is 1. The molecule has 0 aliphatic carbocycles. The zero-order valence-corrected chi connectivity index (χ0v) is 21.2. The van der Waals surface area contributed by atoms with Crippen molar-refractivity contribution in [3.05, 3.63) is 94.0 Å². The monoisotopic (exact) mass is 510 g/mol. The van der Waals surface area contributed by atoms with Crippen LogP contribution in [0.3, 0.4) is 0 Å². The molecule has 35 heavy (non-hydrogen) atoms. The maximum Gasteiger partial charge on any atom is 0.243 e. The number of anilines is 1. The molecule has 8 heteroatoms. The van der Waals surface area contributed by atoms with Gasteiger partial charge in [0.25, 0.3) is 0 Å². The number of halogens is 1. The third kappa shape index (κ3) is 5.48. The van der Waals surface area contributed by atoms with Gasteiger partial charge in [-0.25, -0.2) is 8.42 Å². The lowest BCUT2D eigenvalue weighted by molar-refractivity contribution is -0.120. The molecular weight excluding hydrogens is 484 g/mol. The Morgan fingerprint density at radius 1 is 1.00 bits per heavy atom. The van der Waals surface area contributed by atoms with E-state index in [2.05, 4.69) is 5.32 Å². The first-order valence-electron chi connectivity index (χ1n) is 11.4. The van der Waals surface area contributed by atoms with Crippen LogP contribution in [-0.2, 0) is 14.8 Å². The van der Waals surface area contributed by atoms with E-state index in [1.165, 1.54) is 10.4 Å². The predicted molar refractivity (Wildman–Crippen MR) is 137 cm³/mol. The van der Waals surface area contributed by atoms with E-state index in [0.717, 1.165) is 5.56 Å². The van der Waals surface area contributed by atoms with Gasteiger partial charge in [0, 0.05) is 29.2 Å². The highest BCUT2D eigenvalue weighted by atomic mass is 35.5. The van der Waals surface area contributed by atoms with E-state index in [1.54, 1.807) is 55.5 Å². The quantitative estimate of drug-likeness (QED) is 0.460. The number of piperidine rings is 1.